The van der Waals surface area contributed by atoms with Gasteiger partial charge >= 0.3 is 0 Å². The molecule has 0 saturated heterocycles. The lowest BCUT2D eigenvalue weighted by Gasteiger charge is -2.14. The summed E-state index contributed by atoms with van der Waals surface area (Å²) in [5.41, 5.74) is 2.28. The number of nitrogens with zero attached hydrogens (tertiary/aromatic N) is 2. The largest absolute Gasteiger partial charge is 0.493 e. The van der Waals surface area contributed by atoms with Gasteiger partial charge in [0.2, 0.25) is 5.75 Å². The molecule has 0 unspecified atom stereocenters. The number of H-pyrrole nitrogens is 1. The molecule has 0 bridgehead atoms. The Kier molecular flexibility index (Phi) is 5.07. The van der Waals surface area contributed by atoms with Crippen LogP contribution in [0.5, 0.6) is 17.2 Å². The van der Waals surface area contributed by atoms with Gasteiger partial charge in [0.1, 0.15) is 17.2 Å². The van der Waals surface area contributed by atoms with Crippen LogP contribution in [0.2, 0.25) is 0 Å². The van der Waals surface area contributed by atoms with Gasteiger partial charge in [-0.25, -0.2) is 4.98 Å². The Hall–Kier alpha value is -3.48. The third-order valence-electron chi connectivity index (χ3n) is 3.91. The minimum Gasteiger partial charge on any atom is -0.493 e. The maximum Gasteiger partial charge on any atom is 0.203 e. The standard InChI is InChI=1S/C19H19N3O4/c1-24-15-9-13(10-16(25-2)18(15)26-3)17(22-23)14-11-20-19(21-14)12-7-5-4-6-8-12/h4-11,23H,1-3H3,(H,20,21). The van der Waals surface area contributed by atoms with E-state index in [1.807, 2.05) is 30.3 Å². The quantitative estimate of drug-likeness (QED) is 0.403. The molecule has 1 heterocycles. The molecular weight excluding hydrogens is 334 g/mol. The summed E-state index contributed by atoms with van der Waals surface area (Å²) in [7, 11) is 4.58. The fourth-order valence-electron chi connectivity index (χ4n) is 2.66. The Morgan fingerprint density at radius 3 is 2.19 bits per heavy atom. The third-order valence-corrected chi connectivity index (χ3v) is 3.91. The Morgan fingerprint density at radius 2 is 1.65 bits per heavy atom. The molecule has 0 radical (unpaired) electrons. The molecule has 7 heteroatoms. The van der Waals surface area contributed by atoms with Gasteiger partial charge in [-0.3, -0.25) is 0 Å². The van der Waals surface area contributed by atoms with Gasteiger partial charge in [-0.1, -0.05) is 35.5 Å². The van der Waals surface area contributed by atoms with Crippen LogP contribution in [0.15, 0.2) is 53.8 Å². The average molecular weight is 353 g/mol. The molecular formula is C19H19N3O4. The number of imidazole rings is 1. The number of aromatic amines is 1. The highest BCUT2D eigenvalue weighted by Crippen LogP contribution is 2.38. The summed E-state index contributed by atoms with van der Waals surface area (Å²) in [6, 6.07) is 13.1. The van der Waals surface area contributed by atoms with Gasteiger partial charge in [0, 0.05) is 17.3 Å². The van der Waals surface area contributed by atoms with Gasteiger partial charge in [-0.05, 0) is 12.1 Å². The molecule has 0 aliphatic carbocycles. The number of nitrogens with one attached hydrogen (secondary N) is 1. The van der Waals surface area contributed by atoms with Crippen molar-refractivity contribution in [2.45, 2.75) is 0 Å². The first kappa shape index (κ1) is 17.3. The monoisotopic (exact) mass is 353 g/mol. The molecule has 7 nitrogen and oxygen atoms in total. The molecule has 2 aromatic carbocycles. The molecule has 3 aromatic rings. The number of methoxy groups -OCH3 is 3. The van der Waals surface area contributed by atoms with E-state index < -0.39 is 0 Å². The average Bonchev–Trinajstić information content (AvgIpc) is 3.18. The molecule has 3 rings (SSSR count). The van der Waals surface area contributed by atoms with E-state index in [2.05, 4.69) is 15.1 Å². The zero-order valence-corrected chi connectivity index (χ0v) is 14.7. The highest BCUT2D eigenvalue weighted by Gasteiger charge is 2.19. The number of hydrogen-bond donors (Lipinski definition) is 2. The van der Waals surface area contributed by atoms with E-state index in [1.165, 1.54) is 21.3 Å². The van der Waals surface area contributed by atoms with Crippen LogP contribution in [0.3, 0.4) is 0 Å². The summed E-state index contributed by atoms with van der Waals surface area (Å²) in [4.78, 5) is 7.62. The Balaban J connectivity index is 2.04. The number of hydrogen-bond acceptors (Lipinski definition) is 6. The Morgan fingerprint density at radius 1 is 1.00 bits per heavy atom. The Bertz CT molecular complexity index is 895. The predicted octanol–water partition coefficient (Wildman–Crippen LogP) is 3.33. The molecule has 0 aliphatic heterocycles. The molecule has 0 spiro atoms. The summed E-state index contributed by atoms with van der Waals surface area (Å²) in [6.45, 7) is 0. The number of rotatable bonds is 6. The first-order chi connectivity index (χ1) is 12.7. The molecule has 0 atom stereocenters. The molecule has 0 amide bonds. The maximum absolute atomic E-state index is 9.59. The normalized spacial score (nSPS) is 11.3. The minimum atomic E-state index is 0.280. The molecule has 2 N–H and O–H groups in total. The van der Waals surface area contributed by atoms with Crippen molar-refractivity contribution >= 4 is 5.71 Å². The molecule has 0 fully saturated rings. The van der Waals surface area contributed by atoms with Crippen molar-refractivity contribution in [2.24, 2.45) is 5.16 Å². The lowest BCUT2D eigenvalue weighted by molar-refractivity contribution is 0.318. The van der Waals surface area contributed by atoms with Crippen molar-refractivity contribution in [3.8, 4) is 28.6 Å². The maximum atomic E-state index is 9.59. The predicted molar refractivity (Wildman–Crippen MR) is 97.5 cm³/mol. The third kappa shape index (κ3) is 3.19. The van der Waals surface area contributed by atoms with Crippen molar-refractivity contribution in [3.05, 3.63) is 59.9 Å². The van der Waals surface area contributed by atoms with Crippen molar-refractivity contribution in [1.82, 2.24) is 9.97 Å². The topological polar surface area (TPSA) is 89.0 Å². The first-order valence-electron chi connectivity index (χ1n) is 7.85. The van der Waals surface area contributed by atoms with E-state index in [0.29, 0.717) is 34.3 Å². The van der Waals surface area contributed by atoms with Crippen LogP contribution < -0.4 is 14.2 Å². The number of oxime groups is 1. The summed E-state index contributed by atoms with van der Waals surface area (Å²) < 4.78 is 16.0. The summed E-state index contributed by atoms with van der Waals surface area (Å²) in [5, 5.41) is 13.0. The SMILES string of the molecule is COc1cc(C(=NO)c2c[nH]c(-c3ccccc3)n2)cc(OC)c1OC. The first-order valence-corrected chi connectivity index (χ1v) is 7.85. The van der Waals surface area contributed by atoms with E-state index >= 15 is 0 Å². The number of ether oxygens (including phenoxy) is 3. The highest BCUT2D eigenvalue weighted by atomic mass is 16.5. The second kappa shape index (κ2) is 7.60. The van der Waals surface area contributed by atoms with Gasteiger partial charge in [0.05, 0.1) is 21.3 Å². The van der Waals surface area contributed by atoms with Crippen LogP contribution in [0.1, 0.15) is 11.3 Å². The second-order valence-electron chi connectivity index (χ2n) is 5.36. The van der Waals surface area contributed by atoms with Gasteiger partial charge in [-0.2, -0.15) is 0 Å². The molecule has 26 heavy (non-hydrogen) atoms. The van der Waals surface area contributed by atoms with E-state index in [0.717, 1.165) is 5.56 Å². The van der Waals surface area contributed by atoms with Crippen LogP contribution in [0.4, 0.5) is 0 Å². The Labute approximate surface area is 150 Å². The molecule has 0 aliphatic rings. The lowest BCUT2D eigenvalue weighted by Crippen LogP contribution is -2.06. The zero-order valence-electron chi connectivity index (χ0n) is 14.7. The van der Waals surface area contributed by atoms with Crippen molar-refractivity contribution in [3.63, 3.8) is 0 Å². The van der Waals surface area contributed by atoms with Gasteiger partial charge in [-0.15, -0.1) is 0 Å². The van der Waals surface area contributed by atoms with E-state index in [1.54, 1.807) is 18.3 Å². The smallest absolute Gasteiger partial charge is 0.203 e. The van der Waals surface area contributed by atoms with Gasteiger partial charge < -0.3 is 24.4 Å². The number of aromatic nitrogens is 2. The summed E-state index contributed by atoms with van der Waals surface area (Å²) in [5.74, 6) is 2.06. The zero-order chi connectivity index (χ0) is 18.5. The van der Waals surface area contributed by atoms with Crippen LogP contribution in [0.25, 0.3) is 11.4 Å². The summed E-state index contributed by atoms with van der Waals surface area (Å²) in [6.07, 6.45) is 1.68. The minimum absolute atomic E-state index is 0.280. The fraction of sp³-hybridized carbons (Fsp3) is 0.158. The van der Waals surface area contributed by atoms with Crippen LogP contribution in [-0.2, 0) is 0 Å². The molecule has 0 saturated carbocycles. The van der Waals surface area contributed by atoms with Crippen LogP contribution >= 0.6 is 0 Å². The van der Waals surface area contributed by atoms with Gasteiger partial charge in [0.15, 0.2) is 11.5 Å². The van der Waals surface area contributed by atoms with E-state index in [-0.39, 0.29) is 5.71 Å². The van der Waals surface area contributed by atoms with E-state index in [9.17, 15) is 5.21 Å². The fourth-order valence-corrected chi connectivity index (χ4v) is 2.66. The van der Waals surface area contributed by atoms with Crippen molar-refractivity contribution in [2.75, 3.05) is 21.3 Å². The van der Waals surface area contributed by atoms with Crippen LogP contribution in [0, 0.1) is 0 Å². The van der Waals surface area contributed by atoms with E-state index in [4.69, 9.17) is 14.2 Å². The summed E-state index contributed by atoms with van der Waals surface area (Å²) >= 11 is 0. The van der Waals surface area contributed by atoms with Gasteiger partial charge in [0.25, 0.3) is 0 Å². The molecule has 1 aromatic heterocycles. The van der Waals surface area contributed by atoms with Crippen molar-refractivity contribution in [1.29, 1.82) is 0 Å². The van der Waals surface area contributed by atoms with Crippen molar-refractivity contribution < 1.29 is 19.4 Å². The molecule has 134 valence electrons. The van der Waals surface area contributed by atoms with Crippen LogP contribution in [-0.4, -0.2) is 42.2 Å². The number of benzene rings is 2. The lowest BCUT2D eigenvalue weighted by atomic mass is 10.1. The highest BCUT2D eigenvalue weighted by molar-refractivity contribution is 6.12. The second-order valence-corrected chi connectivity index (χ2v) is 5.36.